The number of carbonyl (C=O) groups is 1. The lowest BCUT2D eigenvalue weighted by Gasteiger charge is -2.12. The zero-order valence-electron chi connectivity index (χ0n) is 16.3. The topological polar surface area (TPSA) is 78.8 Å². The summed E-state index contributed by atoms with van der Waals surface area (Å²) in [6.45, 7) is 4.30. The minimum Gasteiger partial charge on any atom is -0.465 e. The second-order valence-electron chi connectivity index (χ2n) is 6.62. The molecule has 5 nitrogen and oxygen atoms in total. The Morgan fingerprint density at radius 3 is 2.52 bits per heavy atom. The molecule has 0 amide bonds. The lowest BCUT2D eigenvalue weighted by Crippen LogP contribution is -2.07. The number of halogens is 1. The number of ether oxygens (including phenoxy) is 1. The number of methoxy groups -OCH3 is 1. The smallest absolute Gasteiger partial charge is 0.339 e. The second-order valence-corrected chi connectivity index (χ2v) is 7.02. The summed E-state index contributed by atoms with van der Waals surface area (Å²) >= 11 is 6.12. The second kappa shape index (κ2) is 8.22. The van der Waals surface area contributed by atoms with Crippen LogP contribution in [0.25, 0.3) is 11.1 Å². The summed E-state index contributed by atoms with van der Waals surface area (Å²) in [6, 6.07) is 16.9. The maximum atomic E-state index is 11.9. The molecule has 0 radical (unpaired) electrons. The van der Waals surface area contributed by atoms with Crippen LogP contribution in [0.3, 0.4) is 0 Å². The van der Waals surface area contributed by atoms with Crippen LogP contribution in [0.5, 0.6) is 0 Å². The molecule has 144 valence electrons. The molecule has 0 bridgehead atoms. The van der Waals surface area contributed by atoms with E-state index in [0.717, 1.165) is 28.1 Å². The predicted molar refractivity (Wildman–Crippen MR) is 111 cm³/mol. The molecule has 3 rings (SSSR count). The standard InChI is InChI=1S/C23H18ClN3O2/c1-14-20(12-26)22(18-6-4-5-16(9-18)11-25)15(2)27(14)13-17-7-8-21(24)19(10-17)23(28)29-3/h4-10H,13H2,1-3H3. The van der Waals surface area contributed by atoms with Gasteiger partial charge >= 0.3 is 5.97 Å². The number of esters is 1. The van der Waals surface area contributed by atoms with Gasteiger partial charge in [-0.3, -0.25) is 0 Å². The van der Waals surface area contributed by atoms with Crippen LogP contribution in [0, 0.1) is 36.5 Å². The summed E-state index contributed by atoms with van der Waals surface area (Å²) in [5, 5.41) is 19.3. The fourth-order valence-electron chi connectivity index (χ4n) is 3.47. The molecule has 3 aromatic rings. The SMILES string of the molecule is COC(=O)c1cc(Cn2c(C)c(C#N)c(-c3cccc(C#N)c3)c2C)ccc1Cl. The molecule has 0 aliphatic rings. The van der Waals surface area contributed by atoms with Crippen LogP contribution in [0.2, 0.25) is 5.02 Å². The number of aromatic nitrogens is 1. The number of nitriles is 2. The Hall–Kier alpha value is -3.54. The molecule has 29 heavy (non-hydrogen) atoms. The monoisotopic (exact) mass is 403 g/mol. The van der Waals surface area contributed by atoms with Gasteiger partial charge in [0.1, 0.15) is 6.07 Å². The lowest BCUT2D eigenvalue weighted by molar-refractivity contribution is 0.0601. The number of hydrogen-bond acceptors (Lipinski definition) is 4. The average Bonchev–Trinajstić information content (AvgIpc) is 2.98. The van der Waals surface area contributed by atoms with E-state index in [1.54, 1.807) is 24.3 Å². The van der Waals surface area contributed by atoms with Crippen molar-refractivity contribution in [2.24, 2.45) is 0 Å². The minimum absolute atomic E-state index is 0.302. The first kappa shape index (κ1) is 20.2. The summed E-state index contributed by atoms with van der Waals surface area (Å²) < 4.78 is 6.82. The first-order chi connectivity index (χ1) is 13.9. The first-order valence-corrected chi connectivity index (χ1v) is 9.26. The van der Waals surface area contributed by atoms with E-state index in [4.69, 9.17) is 16.3 Å². The third kappa shape index (κ3) is 3.74. The van der Waals surface area contributed by atoms with E-state index in [0.29, 0.717) is 28.3 Å². The molecular weight excluding hydrogens is 386 g/mol. The highest BCUT2D eigenvalue weighted by molar-refractivity contribution is 6.33. The Balaban J connectivity index is 2.11. The van der Waals surface area contributed by atoms with Gasteiger partial charge in [0.05, 0.1) is 34.9 Å². The molecule has 0 saturated carbocycles. The van der Waals surface area contributed by atoms with Gasteiger partial charge in [-0.2, -0.15) is 10.5 Å². The van der Waals surface area contributed by atoms with Crippen LogP contribution in [0.15, 0.2) is 42.5 Å². The van der Waals surface area contributed by atoms with Crippen LogP contribution < -0.4 is 0 Å². The molecule has 0 aliphatic carbocycles. The van der Waals surface area contributed by atoms with Crippen molar-refractivity contribution in [2.75, 3.05) is 7.11 Å². The van der Waals surface area contributed by atoms with E-state index in [1.165, 1.54) is 7.11 Å². The highest BCUT2D eigenvalue weighted by atomic mass is 35.5. The van der Waals surface area contributed by atoms with Crippen molar-refractivity contribution < 1.29 is 9.53 Å². The Kier molecular flexibility index (Phi) is 5.73. The summed E-state index contributed by atoms with van der Waals surface area (Å²) in [7, 11) is 1.31. The van der Waals surface area contributed by atoms with Crippen molar-refractivity contribution in [2.45, 2.75) is 20.4 Å². The van der Waals surface area contributed by atoms with Gasteiger partial charge in [0.2, 0.25) is 0 Å². The number of rotatable bonds is 4. The van der Waals surface area contributed by atoms with Crippen LogP contribution in [0.1, 0.15) is 38.4 Å². The number of nitrogens with zero attached hydrogens (tertiary/aromatic N) is 3. The molecule has 0 spiro atoms. The molecule has 0 aliphatic heterocycles. The van der Waals surface area contributed by atoms with Crippen molar-refractivity contribution >= 4 is 17.6 Å². The van der Waals surface area contributed by atoms with Crippen LogP contribution in [0.4, 0.5) is 0 Å². The molecule has 0 N–H and O–H groups in total. The van der Waals surface area contributed by atoms with Crippen molar-refractivity contribution in [3.05, 3.63) is 81.1 Å². The zero-order valence-corrected chi connectivity index (χ0v) is 17.0. The molecular formula is C23H18ClN3O2. The van der Waals surface area contributed by atoms with E-state index in [1.807, 2.05) is 36.6 Å². The number of hydrogen-bond donors (Lipinski definition) is 0. The third-order valence-corrected chi connectivity index (χ3v) is 5.28. The fourth-order valence-corrected chi connectivity index (χ4v) is 3.67. The molecule has 0 saturated heterocycles. The van der Waals surface area contributed by atoms with Gasteiger partial charge in [-0.15, -0.1) is 0 Å². The summed E-state index contributed by atoms with van der Waals surface area (Å²) in [6.07, 6.45) is 0. The minimum atomic E-state index is -0.496. The van der Waals surface area contributed by atoms with Crippen LogP contribution in [-0.2, 0) is 11.3 Å². The van der Waals surface area contributed by atoms with Crippen molar-refractivity contribution in [1.82, 2.24) is 4.57 Å². The van der Waals surface area contributed by atoms with E-state index in [2.05, 4.69) is 12.1 Å². The largest absolute Gasteiger partial charge is 0.465 e. The van der Waals surface area contributed by atoms with Gasteiger partial charge in [0.25, 0.3) is 0 Å². The normalized spacial score (nSPS) is 10.3. The van der Waals surface area contributed by atoms with Gasteiger partial charge in [0.15, 0.2) is 0 Å². The maximum Gasteiger partial charge on any atom is 0.339 e. The fraction of sp³-hybridized carbons (Fsp3) is 0.174. The van der Waals surface area contributed by atoms with Crippen LogP contribution >= 0.6 is 11.6 Å². The molecule has 0 fully saturated rings. The Morgan fingerprint density at radius 2 is 1.86 bits per heavy atom. The first-order valence-electron chi connectivity index (χ1n) is 8.88. The van der Waals surface area contributed by atoms with Crippen molar-refractivity contribution in [1.29, 1.82) is 10.5 Å². The zero-order chi connectivity index (χ0) is 21.1. The van der Waals surface area contributed by atoms with Crippen molar-refractivity contribution in [3.63, 3.8) is 0 Å². The van der Waals surface area contributed by atoms with Gasteiger partial charge in [-0.05, 0) is 49.2 Å². The Morgan fingerprint density at radius 1 is 1.10 bits per heavy atom. The van der Waals surface area contributed by atoms with E-state index in [-0.39, 0.29) is 0 Å². The quantitative estimate of drug-likeness (QED) is 0.574. The molecule has 0 unspecified atom stereocenters. The third-order valence-electron chi connectivity index (χ3n) is 4.95. The molecule has 6 heteroatoms. The summed E-state index contributed by atoms with van der Waals surface area (Å²) in [4.78, 5) is 11.9. The highest BCUT2D eigenvalue weighted by Crippen LogP contribution is 2.33. The average molecular weight is 404 g/mol. The van der Waals surface area contributed by atoms with Gasteiger partial charge < -0.3 is 9.30 Å². The van der Waals surface area contributed by atoms with E-state index in [9.17, 15) is 15.3 Å². The van der Waals surface area contributed by atoms with E-state index < -0.39 is 5.97 Å². The molecule has 1 heterocycles. The maximum absolute atomic E-state index is 11.9. The van der Waals surface area contributed by atoms with Crippen LogP contribution in [-0.4, -0.2) is 17.6 Å². The van der Waals surface area contributed by atoms with Crippen molar-refractivity contribution in [3.8, 4) is 23.3 Å². The Bertz CT molecular complexity index is 1200. The Labute approximate surface area is 174 Å². The van der Waals surface area contributed by atoms with E-state index >= 15 is 0 Å². The number of benzene rings is 2. The summed E-state index contributed by atoms with van der Waals surface area (Å²) in [5.74, 6) is -0.496. The van der Waals surface area contributed by atoms with Gasteiger partial charge in [-0.1, -0.05) is 29.8 Å². The van der Waals surface area contributed by atoms with Gasteiger partial charge in [-0.25, -0.2) is 4.79 Å². The molecule has 0 atom stereocenters. The predicted octanol–water partition coefficient (Wildman–Crippen LogP) is 5.00. The highest BCUT2D eigenvalue weighted by Gasteiger charge is 2.20. The summed E-state index contributed by atoms with van der Waals surface area (Å²) in [5.41, 5.74) is 5.63. The molecule has 1 aromatic heterocycles. The lowest BCUT2D eigenvalue weighted by atomic mass is 9.99. The van der Waals surface area contributed by atoms with Gasteiger partial charge in [0, 0.05) is 23.5 Å². The molecule has 2 aromatic carbocycles. The number of carbonyl (C=O) groups excluding carboxylic acids is 1.